The van der Waals surface area contributed by atoms with Crippen LogP contribution in [0.5, 0.6) is 0 Å². The summed E-state index contributed by atoms with van der Waals surface area (Å²) in [4.78, 5) is 8.95. The van der Waals surface area contributed by atoms with Crippen LogP contribution in [0.2, 0.25) is 0 Å². The Morgan fingerprint density at radius 1 is 1.19 bits per heavy atom. The molecule has 0 atom stereocenters. The highest BCUT2D eigenvalue weighted by Gasteiger charge is 2.20. The first-order chi connectivity index (χ1) is 10.2. The van der Waals surface area contributed by atoms with E-state index >= 15 is 0 Å². The molecule has 110 valence electrons. The van der Waals surface area contributed by atoms with E-state index in [0.717, 1.165) is 18.5 Å². The first-order valence-electron chi connectivity index (χ1n) is 6.98. The molecule has 3 rings (SSSR count). The molecule has 0 saturated heterocycles. The molecule has 6 heteroatoms. The van der Waals surface area contributed by atoms with Crippen molar-refractivity contribution >= 4 is 21.7 Å². The Labute approximate surface area is 131 Å². The molecule has 3 N–H and O–H groups in total. The molecule has 1 fully saturated rings. The molecule has 0 amide bonds. The van der Waals surface area contributed by atoms with Crippen LogP contribution in [0.15, 0.2) is 28.7 Å². The Morgan fingerprint density at radius 2 is 1.95 bits per heavy atom. The molecule has 21 heavy (non-hydrogen) atoms. The lowest BCUT2D eigenvalue weighted by molar-refractivity contribution is 0.621. The van der Waals surface area contributed by atoms with E-state index in [-0.39, 0.29) is 5.82 Å². The van der Waals surface area contributed by atoms with Gasteiger partial charge in [0.15, 0.2) is 5.82 Å². The minimum atomic E-state index is -0.329. The van der Waals surface area contributed by atoms with Crippen molar-refractivity contribution in [2.45, 2.75) is 31.6 Å². The SMILES string of the molecule is NNc1cc(C2CCCC2)nc(-c2ccc(Br)c(F)c2)n1. The molecule has 0 bridgehead atoms. The van der Waals surface area contributed by atoms with Crippen molar-refractivity contribution < 1.29 is 4.39 Å². The van der Waals surface area contributed by atoms with Crippen molar-refractivity contribution in [3.8, 4) is 11.4 Å². The quantitative estimate of drug-likeness (QED) is 0.648. The number of nitrogens with zero attached hydrogens (tertiary/aromatic N) is 2. The van der Waals surface area contributed by atoms with E-state index in [1.54, 1.807) is 12.1 Å². The first-order valence-corrected chi connectivity index (χ1v) is 7.77. The molecule has 0 unspecified atom stereocenters. The number of anilines is 1. The van der Waals surface area contributed by atoms with Gasteiger partial charge in [-0.1, -0.05) is 12.8 Å². The summed E-state index contributed by atoms with van der Waals surface area (Å²) in [7, 11) is 0. The van der Waals surface area contributed by atoms with E-state index in [9.17, 15) is 4.39 Å². The number of nitrogens with two attached hydrogens (primary N) is 1. The van der Waals surface area contributed by atoms with Crippen LogP contribution >= 0.6 is 15.9 Å². The predicted molar refractivity (Wildman–Crippen MR) is 84.1 cm³/mol. The lowest BCUT2D eigenvalue weighted by Gasteiger charge is -2.12. The zero-order valence-electron chi connectivity index (χ0n) is 11.4. The lowest BCUT2D eigenvalue weighted by Crippen LogP contribution is -2.11. The molecule has 4 nitrogen and oxygen atoms in total. The van der Waals surface area contributed by atoms with Gasteiger partial charge in [-0.15, -0.1) is 0 Å². The number of hydrogen-bond acceptors (Lipinski definition) is 4. The number of hydrazine groups is 1. The van der Waals surface area contributed by atoms with Crippen molar-refractivity contribution in [2.24, 2.45) is 5.84 Å². The van der Waals surface area contributed by atoms with Crippen molar-refractivity contribution in [3.05, 3.63) is 40.2 Å². The third-order valence-corrected chi connectivity index (χ3v) is 4.49. The minimum Gasteiger partial charge on any atom is -0.308 e. The van der Waals surface area contributed by atoms with Crippen LogP contribution in [0, 0.1) is 5.82 Å². The van der Waals surface area contributed by atoms with Gasteiger partial charge in [0.25, 0.3) is 0 Å². The fourth-order valence-electron chi connectivity index (χ4n) is 2.73. The van der Waals surface area contributed by atoms with Gasteiger partial charge in [-0.2, -0.15) is 0 Å². The molecule has 1 aliphatic rings. The van der Waals surface area contributed by atoms with Crippen LogP contribution in [0.25, 0.3) is 11.4 Å². The van der Waals surface area contributed by atoms with Gasteiger partial charge in [0, 0.05) is 23.2 Å². The van der Waals surface area contributed by atoms with E-state index in [4.69, 9.17) is 5.84 Å². The molecular weight excluding hydrogens is 335 g/mol. The molecule has 1 heterocycles. The van der Waals surface area contributed by atoms with Gasteiger partial charge in [-0.05, 0) is 47.0 Å². The highest BCUT2D eigenvalue weighted by molar-refractivity contribution is 9.10. The third-order valence-electron chi connectivity index (χ3n) is 3.85. The summed E-state index contributed by atoms with van der Waals surface area (Å²) < 4.78 is 14.1. The third kappa shape index (κ3) is 3.06. The van der Waals surface area contributed by atoms with Gasteiger partial charge >= 0.3 is 0 Å². The predicted octanol–water partition coefficient (Wildman–Crippen LogP) is 3.99. The Hall–Kier alpha value is -1.53. The van der Waals surface area contributed by atoms with Crippen LogP contribution in [0.3, 0.4) is 0 Å². The first kappa shape index (κ1) is 14.4. The smallest absolute Gasteiger partial charge is 0.161 e. The average molecular weight is 351 g/mol. The Bertz CT molecular complexity index is 656. The second-order valence-electron chi connectivity index (χ2n) is 5.26. The second kappa shape index (κ2) is 6.07. The number of nitrogen functional groups attached to an aromatic ring is 1. The number of rotatable bonds is 3. The van der Waals surface area contributed by atoms with Gasteiger partial charge < -0.3 is 5.43 Å². The van der Waals surface area contributed by atoms with Crippen LogP contribution < -0.4 is 11.3 Å². The molecule has 0 spiro atoms. The molecule has 1 aromatic carbocycles. The van der Waals surface area contributed by atoms with Gasteiger partial charge in [-0.3, -0.25) is 0 Å². The monoisotopic (exact) mass is 350 g/mol. The summed E-state index contributed by atoms with van der Waals surface area (Å²) in [6.07, 6.45) is 4.72. The highest BCUT2D eigenvalue weighted by atomic mass is 79.9. The largest absolute Gasteiger partial charge is 0.308 e. The Balaban J connectivity index is 2.04. The summed E-state index contributed by atoms with van der Waals surface area (Å²) in [5, 5.41) is 0. The van der Waals surface area contributed by atoms with Crippen molar-refractivity contribution in [1.82, 2.24) is 9.97 Å². The van der Waals surface area contributed by atoms with Crippen molar-refractivity contribution in [2.75, 3.05) is 5.43 Å². The fourth-order valence-corrected chi connectivity index (χ4v) is 2.98. The molecule has 1 aromatic heterocycles. The van der Waals surface area contributed by atoms with E-state index in [2.05, 4.69) is 31.3 Å². The highest BCUT2D eigenvalue weighted by Crippen LogP contribution is 2.34. The van der Waals surface area contributed by atoms with Crippen LogP contribution in [-0.4, -0.2) is 9.97 Å². The molecule has 1 aliphatic carbocycles. The van der Waals surface area contributed by atoms with E-state index < -0.39 is 0 Å². The molecule has 2 aromatic rings. The molecule has 0 aliphatic heterocycles. The minimum absolute atomic E-state index is 0.329. The molecule has 0 radical (unpaired) electrons. The summed E-state index contributed by atoms with van der Waals surface area (Å²) >= 11 is 3.15. The second-order valence-corrected chi connectivity index (χ2v) is 6.11. The van der Waals surface area contributed by atoms with Gasteiger partial charge in [0.05, 0.1) is 4.47 Å². The van der Waals surface area contributed by atoms with Crippen LogP contribution in [0.1, 0.15) is 37.3 Å². The maximum atomic E-state index is 13.7. The maximum Gasteiger partial charge on any atom is 0.161 e. The number of nitrogens with one attached hydrogen (secondary N) is 1. The van der Waals surface area contributed by atoms with E-state index in [1.807, 2.05) is 6.07 Å². The number of benzene rings is 1. The Morgan fingerprint density at radius 3 is 2.62 bits per heavy atom. The Kier molecular flexibility index (Phi) is 4.17. The van der Waals surface area contributed by atoms with Gasteiger partial charge in [0.2, 0.25) is 0 Å². The van der Waals surface area contributed by atoms with Crippen molar-refractivity contribution in [1.29, 1.82) is 0 Å². The summed E-state index contributed by atoms with van der Waals surface area (Å²) in [5.74, 6) is 6.67. The fraction of sp³-hybridized carbons (Fsp3) is 0.333. The average Bonchev–Trinajstić information content (AvgIpc) is 3.04. The van der Waals surface area contributed by atoms with Crippen LogP contribution in [-0.2, 0) is 0 Å². The molecular formula is C15H16BrFN4. The summed E-state index contributed by atoms with van der Waals surface area (Å²) in [5.41, 5.74) is 4.20. The van der Waals surface area contributed by atoms with Crippen LogP contribution in [0.4, 0.5) is 10.2 Å². The number of halogens is 2. The van der Waals surface area contributed by atoms with Crippen molar-refractivity contribution in [3.63, 3.8) is 0 Å². The summed E-state index contributed by atoms with van der Waals surface area (Å²) in [6.45, 7) is 0. The normalized spacial score (nSPS) is 15.4. The molecule has 1 saturated carbocycles. The maximum absolute atomic E-state index is 13.7. The standard InChI is InChI=1S/C15H16BrFN4/c16-11-6-5-10(7-12(11)17)15-19-13(8-14(20-15)21-18)9-3-1-2-4-9/h5-9H,1-4,18H2,(H,19,20,21). The zero-order valence-corrected chi connectivity index (χ0v) is 13.0. The van der Waals surface area contributed by atoms with E-state index in [0.29, 0.717) is 27.6 Å². The van der Waals surface area contributed by atoms with Gasteiger partial charge in [-0.25, -0.2) is 20.2 Å². The zero-order chi connectivity index (χ0) is 14.8. The topological polar surface area (TPSA) is 63.8 Å². The van der Waals surface area contributed by atoms with E-state index in [1.165, 1.54) is 18.9 Å². The number of hydrogen-bond donors (Lipinski definition) is 2. The lowest BCUT2D eigenvalue weighted by atomic mass is 10.0. The summed E-state index contributed by atoms with van der Waals surface area (Å²) in [6, 6.07) is 6.76. The van der Waals surface area contributed by atoms with Gasteiger partial charge in [0.1, 0.15) is 11.6 Å². The number of aromatic nitrogens is 2.